The molecule has 0 spiro atoms. The summed E-state index contributed by atoms with van der Waals surface area (Å²) in [5.74, 6) is -0.0864. The topological polar surface area (TPSA) is 69.6 Å². The average Bonchev–Trinajstić information content (AvgIpc) is 2.78. The highest BCUT2D eigenvalue weighted by Crippen LogP contribution is 2.31. The first-order valence-electron chi connectivity index (χ1n) is 6.92. The highest BCUT2D eigenvalue weighted by atomic mass is 16.3. The van der Waals surface area contributed by atoms with Gasteiger partial charge >= 0.3 is 0 Å². The first-order valence-corrected chi connectivity index (χ1v) is 6.92. The van der Waals surface area contributed by atoms with Gasteiger partial charge in [-0.3, -0.25) is 4.79 Å². The summed E-state index contributed by atoms with van der Waals surface area (Å²) in [4.78, 5) is 12.3. The molecule has 0 fully saturated rings. The van der Waals surface area contributed by atoms with Crippen molar-refractivity contribution in [1.29, 1.82) is 0 Å². The zero-order chi connectivity index (χ0) is 15.0. The Hall–Kier alpha value is -2.33. The summed E-state index contributed by atoms with van der Waals surface area (Å²) in [7, 11) is 0. The number of phenols is 1. The molecular weight excluding hydrogens is 266 g/mol. The zero-order valence-electron chi connectivity index (χ0n) is 11.7. The number of nitrogens with one attached hydrogen (secondary N) is 1. The molecule has 1 amide bonds. The van der Waals surface area contributed by atoms with Crippen LogP contribution < -0.4 is 5.32 Å². The molecule has 0 saturated carbocycles. The van der Waals surface area contributed by atoms with Crippen molar-refractivity contribution in [2.24, 2.45) is 0 Å². The van der Waals surface area contributed by atoms with E-state index in [4.69, 9.17) is 0 Å². The number of aryl methyl sites for hydroxylation is 1. The Kier molecular flexibility index (Phi) is 3.39. The van der Waals surface area contributed by atoms with Crippen LogP contribution in [-0.2, 0) is 6.42 Å². The Bertz CT molecular complexity index is 696. The van der Waals surface area contributed by atoms with Crippen molar-refractivity contribution in [1.82, 2.24) is 5.32 Å². The fourth-order valence-electron chi connectivity index (χ4n) is 2.77. The number of rotatable bonds is 2. The van der Waals surface area contributed by atoms with Gasteiger partial charge in [0.15, 0.2) is 0 Å². The van der Waals surface area contributed by atoms with Crippen molar-refractivity contribution >= 4 is 5.91 Å². The summed E-state index contributed by atoms with van der Waals surface area (Å²) in [5, 5.41) is 22.5. The van der Waals surface area contributed by atoms with Crippen LogP contribution in [0.5, 0.6) is 5.75 Å². The second-order valence-electron chi connectivity index (χ2n) is 5.42. The van der Waals surface area contributed by atoms with Crippen molar-refractivity contribution in [3.8, 4) is 5.75 Å². The molecule has 0 aliphatic heterocycles. The fourth-order valence-corrected chi connectivity index (χ4v) is 2.77. The van der Waals surface area contributed by atoms with Crippen LogP contribution in [0.4, 0.5) is 0 Å². The summed E-state index contributed by atoms with van der Waals surface area (Å²) >= 11 is 0. The van der Waals surface area contributed by atoms with Gasteiger partial charge < -0.3 is 15.5 Å². The van der Waals surface area contributed by atoms with E-state index in [0.29, 0.717) is 17.5 Å². The molecule has 0 unspecified atom stereocenters. The molecule has 3 N–H and O–H groups in total. The number of fused-ring (bicyclic) bond motifs is 1. The smallest absolute Gasteiger partial charge is 0.251 e. The molecule has 2 aromatic rings. The van der Waals surface area contributed by atoms with Crippen molar-refractivity contribution in [2.45, 2.75) is 25.5 Å². The Morgan fingerprint density at radius 1 is 1.24 bits per heavy atom. The summed E-state index contributed by atoms with van der Waals surface area (Å²) in [6.45, 7) is 1.74. The van der Waals surface area contributed by atoms with Gasteiger partial charge in [0.2, 0.25) is 0 Å². The number of carbonyl (C=O) groups is 1. The molecule has 0 aromatic heterocycles. The molecule has 21 heavy (non-hydrogen) atoms. The van der Waals surface area contributed by atoms with E-state index in [2.05, 4.69) is 5.32 Å². The van der Waals surface area contributed by atoms with E-state index in [1.54, 1.807) is 19.1 Å². The minimum atomic E-state index is -0.607. The predicted octanol–water partition coefficient (Wildman–Crippen LogP) is 2.09. The molecule has 0 bridgehead atoms. The molecule has 108 valence electrons. The Morgan fingerprint density at radius 2 is 2.00 bits per heavy atom. The molecule has 0 heterocycles. The van der Waals surface area contributed by atoms with Gasteiger partial charge in [-0.1, -0.05) is 24.3 Å². The third-order valence-electron chi connectivity index (χ3n) is 3.95. The fraction of sp³-hybridized carbons (Fsp3) is 0.235. The zero-order valence-corrected chi connectivity index (χ0v) is 11.7. The van der Waals surface area contributed by atoms with Crippen LogP contribution in [0.3, 0.4) is 0 Å². The Labute approximate surface area is 123 Å². The lowest BCUT2D eigenvalue weighted by Gasteiger charge is -2.18. The number of aliphatic hydroxyl groups excluding tert-OH is 1. The normalized spacial score (nSPS) is 20.1. The maximum Gasteiger partial charge on any atom is 0.251 e. The molecule has 0 radical (unpaired) electrons. The standard InChI is InChI=1S/C17H17NO3/c1-10-8-12(6-7-14(10)19)17(21)18-16-13-5-3-2-4-11(13)9-15(16)20/h2-8,15-16,19-20H,9H2,1H3,(H,18,21)/t15-,16+/m0/s1. The molecule has 4 heteroatoms. The summed E-state index contributed by atoms with van der Waals surface area (Å²) in [5.41, 5.74) is 3.16. The first kappa shape index (κ1) is 13.6. The van der Waals surface area contributed by atoms with Crippen LogP contribution in [0.15, 0.2) is 42.5 Å². The van der Waals surface area contributed by atoms with Crippen LogP contribution in [0.1, 0.15) is 33.1 Å². The van der Waals surface area contributed by atoms with Crippen molar-refractivity contribution < 1.29 is 15.0 Å². The van der Waals surface area contributed by atoms with Crippen LogP contribution in [0, 0.1) is 6.92 Å². The van der Waals surface area contributed by atoms with Gasteiger partial charge in [0, 0.05) is 12.0 Å². The maximum atomic E-state index is 12.3. The monoisotopic (exact) mass is 283 g/mol. The summed E-state index contributed by atoms with van der Waals surface area (Å²) < 4.78 is 0. The number of aromatic hydroxyl groups is 1. The molecule has 2 aromatic carbocycles. The van der Waals surface area contributed by atoms with E-state index < -0.39 is 6.10 Å². The second kappa shape index (κ2) is 5.22. The van der Waals surface area contributed by atoms with Crippen molar-refractivity contribution in [2.75, 3.05) is 0 Å². The summed E-state index contributed by atoms with van der Waals surface area (Å²) in [6.07, 6.45) is -0.0556. The highest BCUT2D eigenvalue weighted by molar-refractivity contribution is 5.95. The number of carbonyl (C=O) groups excluding carboxylic acids is 1. The third kappa shape index (κ3) is 2.50. The number of benzene rings is 2. The van der Waals surface area contributed by atoms with E-state index in [0.717, 1.165) is 11.1 Å². The number of aliphatic hydroxyl groups is 1. The lowest BCUT2D eigenvalue weighted by molar-refractivity contribution is 0.0858. The van der Waals surface area contributed by atoms with Crippen LogP contribution in [0.2, 0.25) is 0 Å². The van der Waals surface area contributed by atoms with E-state index >= 15 is 0 Å². The van der Waals surface area contributed by atoms with E-state index in [1.165, 1.54) is 6.07 Å². The number of hydrogen-bond donors (Lipinski definition) is 3. The molecule has 1 aliphatic carbocycles. The minimum absolute atomic E-state index is 0.165. The Balaban J connectivity index is 1.83. The molecule has 1 aliphatic rings. The SMILES string of the molecule is Cc1cc(C(=O)N[C@@H]2c3ccccc3C[C@@H]2O)ccc1O. The van der Waals surface area contributed by atoms with Crippen molar-refractivity contribution in [3.63, 3.8) is 0 Å². The van der Waals surface area contributed by atoms with Gasteiger partial charge in [0.05, 0.1) is 12.1 Å². The lowest BCUT2D eigenvalue weighted by Crippen LogP contribution is -2.33. The second-order valence-corrected chi connectivity index (χ2v) is 5.42. The molecule has 3 rings (SSSR count). The maximum absolute atomic E-state index is 12.3. The molecule has 0 saturated heterocycles. The van der Waals surface area contributed by atoms with Crippen LogP contribution in [0.25, 0.3) is 0 Å². The van der Waals surface area contributed by atoms with Gasteiger partial charge in [-0.15, -0.1) is 0 Å². The van der Waals surface area contributed by atoms with E-state index in [-0.39, 0.29) is 17.7 Å². The molecule has 4 nitrogen and oxygen atoms in total. The van der Waals surface area contributed by atoms with Gasteiger partial charge in [0.1, 0.15) is 5.75 Å². The lowest BCUT2D eigenvalue weighted by atomic mass is 10.1. The largest absolute Gasteiger partial charge is 0.508 e. The summed E-state index contributed by atoms with van der Waals surface area (Å²) in [6, 6.07) is 12.1. The van der Waals surface area contributed by atoms with Crippen molar-refractivity contribution in [3.05, 3.63) is 64.7 Å². The van der Waals surface area contributed by atoms with Gasteiger partial charge in [-0.25, -0.2) is 0 Å². The van der Waals surface area contributed by atoms with E-state index in [9.17, 15) is 15.0 Å². The quantitative estimate of drug-likeness (QED) is 0.790. The highest BCUT2D eigenvalue weighted by Gasteiger charge is 2.32. The Morgan fingerprint density at radius 3 is 2.76 bits per heavy atom. The number of hydrogen-bond acceptors (Lipinski definition) is 3. The molecule has 2 atom stereocenters. The predicted molar refractivity (Wildman–Crippen MR) is 79.2 cm³/mol. The van der Waals surface area contributed by atoms with Gasteiger partial charge in [0.25, 0.3) is 5.91 Å². The third-order valence-corrected chi connectivity index (χ3v) is 3.95. The minimum Gasteiger partial charge on any atom is -0.508 e. The average molecular weight is 283 g/mol. The van der Waals surface area contributed by atoms with Crippen LogP contribution in [-0.4, -0.2) is 22.2 Å². The van der Waals surface area contributed by atoms with E-state index in [1.807, 2.05) is 24.3 Å². The number of phenolic OH excluding ortho intramolecular Hbond substituents is 1. The van der Waals surface area contributed by atoms with Gasteiger partial charge in [-0.05, 0) is 41.8 Å². The van der Waals surface area contributed by atoms with Gasteiger partial charge in [-0.2, -0.15) is 0 Å². The van der Waals surface area contributed by atoms with Crippen LogP contribution >= 0.6 is 0 Å². The molecular formula is C17H17NO3. The number of amides is 1. The first-order chi connectivity index (χ1) is 10.1.